The van der Waals surface area contributed by atoms with E-state index in [1.54, 1.807) is 0 Å². The first-order chi connectivity index (χ1) is 18.9. The number of benzene rings is 2. The van der Waals surface area contributed by atoms with Crippen LogP contribution in [0.5, 0.6) is 0 Å². The summed E-state index contributed by atoms with van der Waals surface area (Å²) in [6.45, 7) is 0. The fourth-order valence-electron chi connectivity index (χ4n) is 5.80. The Kier molecular flexibility index (Phi) is 7.40. The smallest absolute Gasteiger partial charge is 0.0556 e. The van der Waals surface area contributed by atoms with Crippen molar-refractivity contribution in [1.82, 2.24) is 0 Å². The van der Waals surface area contributed by atoms with E-state index in [0.717, 1.165) is 44.9 Å². The minimum absolute atomic E-state index is 0.329. The second kappa shape index (κ2) is 11.6. The zero-order valence-electron chi connectivity index (χ0n) is 22.0. The Bertz CT molecular complexity index is 1380. The standard InChI is InChI=1S/C36H36N2/c1-5-13-29(14-6-1)30-21-23-34(24-22-30)38(33-19-11-4-12-20-33)36-27-25-35(26-28-36)37(31-15-7-2-8-16-31)32-17-9-3-10-18-32/h2,4-5,7-9,11-19,21-25,27,33H,1,3,6,10,20,26,28H2. The van der Waals surface area contributed by atoms with Gasteiger partial charge >= 0.3 is 0 Å². The predicted octanol–water partition coefficient (Wildman–Crippen LogP) is 9.41. The lowest BCUT2D eigenvalue weighted by molar-refractivity contribution is 0.709. The van der Waals surface area contributed by atoms with Crippen LogP contribution in [0.4, 0.5) is 11.4 Å². The second-order valence-corrected chi connectivity index (χ2v) is 10.3. The van der Waals surface area contributed by atoms with Crippen LogP contribution in [0, 0.1) is 0 Å². The minimum Gasteiger partial charge on any atom is -0.338 e. The minimum atomic E-state index is 0.329. The maximum Gasteiger partial charge on any atom is 0.0556 e. The van der Waals surface area contributed by atoms with E-state index in [1.165, 1.54) is 39.6 Å². The van der Waals surface area contributed by atoms with Crippen LogP contribution in [-0.4, -0.2) is 6.04 Å². The van der Waals surface area contributed by atoms with Gasteiger partial charge in [0, 0.05) is 28.5 Å². The predicted molar refractivity (Wildman–Crippen MR) is 163 cm³/mol. The lowest BCUT2D eigenvalue weighted by Crippen LogP contribution is -2.34. The molecule has 0 aliphatic heterocycles. The lowest BCUT2D eigenvalue weighted by Gasteiger charge is -2.37. The molecule has 0 heterocycles. The Labute approximate surface area is 227 Å². The van der Waals surface area contributed by atoms with Crippen molar-refractivity contribution < 1.29 is 0 Å². The largest absolute Gasteiger partial charge is 0.338 e. The summed E-state index contributed by atoms with van der Waals surface area (Å²) in [5, 5.41) is 0. The summed E-state index contributed by atoms with van der Waals surface area (Å²) < 4.78 is 0. The van der Waals surface area contributed by atoms with Crippen LogP contribution in [0.2, 0.25) is 0 Å². The molecule has 38 heavy (non-hydrogen) atoms. The summed E-state index contributed by atoms with van der Waals surface area (Å²) in [6.07, 6.45) is 35.1. The summed E-state index contributed by atoms with van der Waals surface area (Å²) in [5.74, 6) is 0. The Hall–Kier alpha value is -4.04. The second-order valence-electron chi connectivity index (χ2n) is 10.3. The molecule has 0 N–H and O–H groups in total. The van der Waals surface area contributed by atoms with Crippen LogP contribution in [0.25, 0.3) is 5.57 Å². The van der Waals surface area contributed by atoms with E-state index in [2.05, 4.69) is 137 Å². The molecular formula is C36H36N2. The zero-order valence-corrected chi connectivity index (χ0v) is 22.0. The molecule has 0 saturated heterocycles. The van der Waals surface area contributed by atoms with Crippen LogP contribution in [0.1, 0.15) is 50.5 Å². The molecule has 0 bridgehead atoms. The van der Waals surface area contributed by atoms with Gasteiger partial charge in [0.1, 0.15) is 0 Å². The fraction of sp³-hybridized carbons (Fsp3) is 0.222. The highest BCUT2D eigenvalue weighted by Crippen LogP contribution is 2.36. The van der Waals surface area contributed by atoms with Crippen molar-refractivity contribution in [1.29, 1.82) is 0 Å². The van der Waals surface area contributed by atoms with Crippen LogP contribution in [0.15, 0.2) is 145 Å². The van der Waals surface area contributed by atoms with E-state index in [9.17, 15) is 0 Å². The number of rotatable bonds is 7. The van der Waals surface area contributed by atoms with Gasteiger partial charge in [-0.2, -0.15) is 0 Å². The maximum atomic E-state index is 2.55. The topological polar surface area (TPSA) is 6.48 Å². The Morgan fingerprint density at radius 2 is 1.39 bits per heavy atom. The summed E-state index contributed by atoms with van der Waals surface area (Å²) in [4.78, 5) is 4.99. The first kappa shape index (κ1) is 24.3. The number of anilines is 2. The molecule has 0 aromatic heterocycles. The summed E-state index contributed by atoms with van der Waals surface area (Å²) >= 11 is 0. The number of hydrogen-bond acceptors (Lipinski definition) is 2. The molecule has 0 spiro atoms. The third-order valence-electron chi connectivity index (χ3n) is 7.71. The molecule has 1 unspecified atom stereocenters. The number of para-hydroxylation sites is 1. The highest BCUT2D eigenvalue weighted by molar-refractivity contribution is 5.76. The molecule has 4 aliphatic rings. The molecule has 0 amide bonds. The van der Waals surface area contributed by atoms with Gasteiger partial charge in [0.05, 0.1) is 6.04 Å². The number of nitrogens with zero attached hydrogens (tertiary/aromatic N) is 2. The first-order valence-corrected chi connectivity index (χ1v) is 14.1. The van der Waals surface area contributed by atoms with Crippen molar-refractivity contribution in [3.63, 3.8) is 0 Å². The summed E-state index contributed by atoms with van der Waals surface area (Å²) in [6, 6.07) is 20.3. The molecule has 6 rings (SSSR count). The van der Waals surface area contributed by atoms with Gasteiger partial charge in [0.2, 0.25) is 0 Å². The van der Waals surface area contributed by atoms with E-state index in [1.807, 2.05) is 0 Å². The first-order valence-electron chi connectivity index (χ1n) is 14.1. The molecule has 1 atom stereocenters. The zero-order chi connectivity index (χ0) is 25.6. The van der Waals surface area contributed by atoms with Crippen LogP contribution < -0.4 is 9.80 Å². The molecule has 0 radical (unpaired) electrons. The molecule has 4 aliphatic carbocycles. The van der Waals surface area contributed by atoms with Crippen molar-refractivity contribution in [2.75, 3.05) is 9.80 Å². The van der Waals surface area contributed by atoms with Crippen LogP contribution >= 0.6 is 0 Å². The third kappa shape index (κ3) is 5.31. The van der Waals surface area contributed by atoms with E-state index < -0.39 is 0 Å². The molecule has 0 saturated carbocycles. The summed E-state index contributed by atoms with van der Waals surface area (Å²) in [7, 11) is 0. The molecule has 190 valence electrons. The third-order valence-corrected chi connectivity index (χ3v) is 7.71. The average Bonchev–Trinajstić information content (AvgIpc) is 3.01. The Balaban J connectivity index is 1.33. The molecule has 2 aromatic rings. The van der Waals surface area contributed by atoms with E-state index in [0.29, 0.717) is 6.04 Å². The number of allylic oxidation sites excluding steroid dienone is 13. The van der Waals surface area contributed by atoms with Gasteiger partial charge in [-0.1, -0.05) is 85.0 Å². The number of hydrogen-bond donors (Lipinski definition) is 0. The van der Waals surface area contributed by atoms with Gasteiger partial charge < -0.3 is 9.80 Å². The molecule has 2 nitrogen and oxygen atoms in total. The van der Waals surface area contributed by atoms with Crippen LogP contribution in [0.3, 0.4) is 0 Å². The Morgan fingerprint density at radius 1 is 0.632 bits per heavy atom. The van der Waals surface area contributed by atoms with Gasteiger partial charge in [-0.3, -0.25) is 0 Å². The van der Waals surface area contributed by atoms with Gasteiger partial charge in [0.25, 0.3) is 0 Å². The molecule has 0 fully saturated rings. The quantitative estimate of drug-likeness (QED) is 0.377. The monoisotopic (exact) mass is 496 g/mol. The summed E-state index contributed by atoms with van der Waals surface area (Å²) in [5.41, 5.74) is 9.14. The van der Waals surface area contributed by atoms with Crippen molar-refractivity contribution in [3.8, 4) is 0 Å². The highest BCUT2D eigenvalue weighted by Gasteiger charge is 2.25. The van der Waals surface area contributed by atoms with E-state index in [4.69, 9.17) is 0 Å². The van der Waals surface area contributed by atoms with Gasteiger partial charge in [-0.05, 0) is 98.6 Å². The molecular weight excluding hydrogens is 460 g/mol. The van der Waals surface area contributed by atoms with Crippen molar-refractivity contribution in [2.24, 2.45) is 0 Å². The molecule has 2 aromatic carbocycles. The van der Waals surface area contributed by atoms with Gasteiger partial charge in [-0.25, -0.2) is 0 Å². The average molecular weight is 497 g/mol. The Morgan fingerprint density at radius 3 is 2.05 bits per heavy atom. The van der Waals surface area contributed by atoms with Crippen molar-refractivity contribution >= 4 is 16.9 Å². The van der Waals surface area contributed by atoms with Gasteiger partial charge in [0.15, 0.2) is 0 Å². The fourth-order valence-corrected chi connectivity index (χ4v) is 5.80. The van der Waals surface area contributed by atoms with Crippen LogP contribution in [-0.2, 0) is 0 Å². The van der Waals surface area contributed by atoms with Crippen molar-refractivity contribution in [2.45, 2.75) is 51.0 Å². The lowest BCUT2D eigenvalue weighted by atomic mass is 9.97. The molecule has 2 heteroatoms. The van der Waals surface area contributed by atoms with Gasteiger partial charge in [-0.15, -0.1) is 0 Å². The highest BCUT2D eigenvalue weighted by atomic mass is 15.2. The SMILES string of the molecule is C1=CCC(N(C2=CC=C(N(C3=CCCC=C3)c3ccccc3)CC2)c2ccc(C3=CCCC=C3)cc2)C=C1. The normalized spacial score (nSPS) is 20.4. The van der Waals surface area contributed by atoms with E-state index in [-0.39, 0.29) is 0 Å². The van der Waals surface area contributed by atoms with E-state index >= 15 is 0 Å². The maximum absolute atomic E-state index is 2.55. The van der Waals surface area contributed by atoms with Crippen molar-refractivity contribution in [3.05, 3.63) is 150 Å².